The monoisotopic (exact) mass is 354 g/mol. The van der Waals surface area contributed by atoms with Gasteiger partial charge in [-0.1, -0.05) is 24.3 Å². The van der Waals surface area contributed by atoms with E-state index >= 15 is 0 Å². The topological polar surface area (TPSA) is 32.8 Å². The van der Waals surface area contributed by atoms with Gasteiger partial charge in [-0.3, -0.25) is 4.79 Å². The number of benzene rings is 2. The molecule has 136 valence electrons. The smallest absolute Gasteiger partial charge is 0.246 e. The third-order valence-corrected chi connectivity index (χ3v) is 4.64. The molecule has 4 nitrogen and oxygen atoms in total. The predicted molar refractivity (Wildman–Crippen MR) is 102 cm³/mol. The van der Waals surface area contributed by atoms with Crippen molar-refractivity contribution >= 4 is 17.7 Å². The van der Waals surface area contributed by atoms with Crippen molar-refractivity contribution in [2.45, 2.75) is 6.92 Å². The first kappa shape index (κ1) is 18.0. The van der Waals surface area contributed by atoms with Crippen LogP contribution in [0, 0.1) is 12.7 Å². The fourth-order valence-electron chi connectivity index (χ4n) is 3.15. The number of para-hydroxylation sites is 1. The van der Waals surface area contributed by atoms with Gasteiger partial charge in [0.05, 0.1) is 7.11 Å². The van der Waals surface area contributed by atoms with Gasteiger partial charge in [-0.2, -0.15) is 0 Å². The highest BCUT2D eigenvalue weighted by Crippen LogP contribution is 2.21. The SMILES string of the molecule is COc1ccc(/C=C/C(=O)N2CCN(c3ccccc3C)CC2)cc1F. The van der Waals surface area contributed by atoms with E-state index in [0.29, 0.717) is 18.7 Å². The zero-order chi connectivity index (χ0) is 18.5. The van der Waals surface area contributed by atoms with Crippen molar-refractivity contribution in [1.29, 1.82) is 0 Å². The molecule has 0 spiro atoms. The summed E-state index contributed by atoms with van der Waals surface area (Å²) in [4.78, 5) is 16.5. The summed E-state index contributed by atoms with van der Waals surface area (Å²) in [5.41, 5.74) is 3.10. The highest BCUT2D eigenvalue weighted by Gasteiger charge is 2.20. The highest BCUT2D eigenvalue weighted by atomic mass is 19.1. The number of ether oxygens (including phenoxy) is 1. The minimum atomic E-state index is -0.436. The predicted octanol–water partition coefficient (Wildman–Crippen LogP) is 3.50. The molecule has 1 aliphatic rings. The van der Waals surface area contributed by atoms with Gasteiger partial charge in [0.15, 0.2) is 11.6 Å². The van der Waals surface area contributed by atoms with Crippen LogP contribution in [-0.2, 0) is 4.79 Å². The minimum absolute atomic E-state index is 0.0503. The molecule has 1 aliphatic heterocycles. The van der Waals surface area contributed by atoms with E-state index in [2.05, 4.69) is 24.0 Å². The minimum Gasteiger partial charge on any atom is -0.494 e. The molecule has 1 amide bonds. The lowest BCUT2D eigenvalue weighted by Crippen LogP contribution is -2.48. The maximum atomic E-state index is 13.7. The summed E-state index contributed by atoms with van der Waals surface area (Å²) in [6.45, 7) is 5.07. The Kier molecular flexibility index (Phi) is 5.56. The number of methoxy groups -OCH3 is 1. The Hall–Kier alpha value is -2.82. The molecule has 0 aliphatic carbocycles. The first-order chi connectivity index (χ1) is 12.6. The molecular weight excluding hydrogens is 331 g/mol. The van der Waals surface area contributed by atoms with Gasteiger partial charge in [-0.25, -0.2) is 4.39 Å². The molecule has 26 heavy (non-hydrogen) atoms. The fraction of sp³-hybridized carbons (Fsp3) is 0.286. The molecule has 2 aromatic carbocycles. The summed E-state index contributed by atoms with van der Waals surface area (Å²) in [5, 5.41) is 0. The lowest BCUT2D eigenvalue weighted by molar-refractivity contribution is -0.126. The molecule has 0 N–H and O–H groups in total. The standard InChI is InChI=1S/C21H23FN2O2/c1-16-5-3-4-6-19(16)23-11-13-24(14-12-23)21(25)10-8-17-7-9-20(26-2)18(22)15-17/h3-10,15H,11-14H2,1-2H3/b10-8+. The van der Waals surface area contributed by atoms with Crippen LogP contribution in [0.4, 0.5) is 10.1 Å². The largest absolute Gasteiger partial charge is 0.494 e. The molecule has 3 rings (SSSR count). The molecule has 0 saturated carbocycles. The van der Waals surface area contributed by atoms with E-state index < -0.39 is 5.82 Å². The van der Waals surface area contributed by atoms with E-state index in [1.54, 1.807) is 18.2 Å². The Labute approximate surface area is 153 Å². The van der Waals surface area contributed by atoms with Crippen LogP contribution in [0.5, 0.6) is 5.75 Å². The summed E-state index contributed by atoms with van der Waals surface area (Å²) < 4.78 is 18.6. The van der Waals surface area contributed by atoms with E-state index in [0.717, 1.165) is 13.1 Å². The fourth-order valence-corrected chi connectivity index (χ4v) is 3.15. The van der Waals surface area contributed by atoms with Crippen molar-refractivity contribution in [3.05, 3.63) is 65.5 Å². The highest BCUT2D eigenvalue weighted by molar-refractivity contribution is 5.92. The Balaban J connectivity index is 1.58. The lowest BCUT2D eigenvalue weighted by Gasteiger charge is -2.36. The van der Waals surface area contributed by atoms with Gasteiger partial charge in [0.25, 0.3) is 0 Å². The average molecular weight is 354 g/mol. The number of aryl methyl sites for hydroxylation is 1. The van der Waals surface area contributed by atoms with Crippen LogP contribution in [0.2, 0.25) is 0 Å². The van der Waals surface area contributed by atoms with Crippen molar-refractivity contribution in [1.82, 2.24) is 4.90 Å². The van der Waals surface area contributed by atoms with E-state index in [9.17, 15) is 9.18 Å². The molecular formula is C21H23FN2O2. The van der Waals surface area contributed by atoms with Crippen LogP contribution < -0.4 is 9.64 Å². The molecule has 0 aromatic heterocycles. The number of hydrogen-bond donors (Lipinski definition) is 0. The Morgan fingerprint density at radius 3 is 2.50 bits per heavy atom. The number of hydrogen-bond acceptors (Lipinski definition) is 3. The van der Waals surface area contributed by atoms with Gasteiger partial charge in [-0.15, -0.1) is 0 Å². The normalized spacial score (nSPS) is 14.7. The van der Waals surface area contributed by atoms with Crippen molar-refractivity contribution in [3.8, 4) is 5.75 Å². The summed E-state index contributed by atoms with van der Waals surface area (Å²) in [5.74, 6) is -0.291. The number of nitrogens with zero attached hydrogens (tertiary/aromatic N) is 2. The zero-order valence-electron chi connectivity index (χ0n) is 15.1. The summed E-state index contributed by atoms with van der Waals surface area (Å²) >= 11 is 0. The molecule has 5 heteroatoms. The molecule has 2 aromatic rings. The maximum absolute atomic E-state index is 13.7. The second kappa shape index (κ2) is 8.04. The Morgan fingerprint density at radius 2 is 1.85 bits per heavy atom. The van der Waals surface area contributed by atoms with Crippen LogP contribution in [-0.4, -0.2) is 44.1 Å². The zero-order valence-corrected chi connectivity index (χ0v) is 15.1. The van der Waals surface area contributed by atoms with Gasteiger partial charge in [-0.05, 0) is 42.3 Å². The second-order valence-electron chi connectivity index (χ2n) is 6.33. The third-order valence-electron chi connectivity index (χ3n) is 4.64. The first-order valence-electron chi connectivity index (χ1n) is 8.69. The molecule has 0 radical (unpaired) electrons. The number of anilines is 1. The van der Waals surface area contributed by atoms with Crippen molar-refractivity contribution in [3.63, 3.8) is 0 Å². The average Bonchev–Trinajstić information content (AvgIpc) is 2.67. The molecule has 1 fully saturated rings. The van der Waals surface area contributed by atoms with E-state index in [1.165, 1.54) is 30.5 Å². The molecule has 0 atom stereocenters. The van der Waals surface area contributed by atoms with Crippen LogP contribution in [0.1, 0.15) is 11.1 Å². The van der Waals surface area contributed by atoms with E-state index in [4.69, 9.17) is 4.74 Å². The number of rotatable bonds is 4. The van der Waals surface area contributed by atoms with Gasteiger partial charge in [0.1, 0.15) is 0 Å². The van der Waals surface area contributed by atoms with E-state index in [-0.39, 0.29) is 11.7 Å². The van der Waals surface area contributed by atoms with Crippen LogP contribution >= 0.6 is 0 Å². The quantitative estimate of drug-likeness (QED) is 0.788. The third kappa shape index (κ3) is 4.04. The number of carbonyl (C=O) groups is 1. The van der Waals surface area contributed by atoms with Crippen LogP contribution in [0.15, 0.2) is 48.5 Å². The van der Waals surface area contributed by atoms with Gasteiger partial charge in [0.2, 0.25) is 5.91 Å². The maximum Gasteiger partial charge on any atom is 0.246 e. The summed E-state index contributed by atoms with van der Waals surface area (Å²) in [7, 11) is 1.42. The number of piperazine rings is 1. The van der Waals surface area contributed by atoms with Crippen molar-refractivity contribution in [2.24, 2.45) is 0 Å². The molecule has 1 saturated heterocycles. The first-order valence-corrected chi connectivity index (χ1v) is 8.69. The van der Waals surface area contributed by atoms with Crippen molar-refractivity contribution in [2.75, 3.05) is 38.2 Å². The number of halogens is 1. The van der Waals surface area contributed by atoms with Gasteiger partial charge < -0.3 is 14.5 Å². The molecule has 0 unspecified atom stereocenters. The summed E-state index contributed by atoms with van der Waals surface area (Å²) in [6.07, 6.45) is 3.14. The molecule has 0 bridgehead atoms. The summed E-state index contributed by atoms with van der Waals surface area (Å²) in [6, 6.07) is 12.9. The Morgan fingerprint density at radius 1 is 1.12 bits per heavy atom. The number of carbonyl (C=O) groups excluding carboxylic acids is 1. The second-order valence-corrected chi connectivity index (χ2v) is 6.33. The van der Waals surface area contributed by atoms with Crippen LogP contribution in [0.25, 0.3) is 6.08 Å². The van der Waals surface area contributed by atoms with Gasteiger partial charge >= 0.3 is 0 Å². The number of amides is 1. The van der Waals surface area contributed by atoms with Crippen LogP contribution in [0.3, 0.4) is 0 Å². The Bertz CT molecular complexity index is 811. The molecule has 1 heterocycles. The van der Waals surface area contributed by atoms with Gasteiger partial charge in [0, 0.05) is 37.9 Å². The van der Waals surface area contributed by atoms with Crippen molar-refractivity contribution < 1.29 is 13.9 Å². The lowest BCUT2D eigenvalue weighted by atomic mass is 10.1. The van der Waals surface area contributed by atoms with E-state index in [1.807, 2.05) is 17.0 Å².